The highest BCUT2D eigenvalue weighted by Gasteiger charge is 2.50. The number of hydrogen-bond acceptors (Lipinski definition) is 3. The summed E-state index contributed by atoms with van der Waals surface area (Å²) >= 11 is 0. The third-order valence-corrected chi connectivity index (χ3v) is 4.77. The Hall–Kier alpha value is -1.06. The van der Waals surface area contributed by atoms with E-state index >= 15 is 0 Å². The molecule has 3 fully saturated rings. The van der Waals surface area contributed by atoms with Gasteiger partial charge in [-0.3, -0.25) is 9.59 Å². The minimum absolute atomic E-state index is 0.0557. The third kappa shape index (κ3) is 2.17. The van der Waals surface area contributed by atoms with Crippen LogP contribution in [-0.4, -0.2) is 24.2 Å². The topological polar surface area (TPSA) is 63.6 Å². The molecule has 2 bridgehead atoms. The van der Waals surface area contributed by atoms with Crippen molar-refractivity contribution in [3.05, 3.63) is 0 Å². The van der Waals surface area contributed by atoms with E-state index in [0.717, 1.165) is 44.9 Å². The van der Waals surface area contributed by atoms with Crippen LogP contribution >= 0.6 is 0 Å². The molecule has 0 unspecified atom stereocenters. The normalized spacial score (nSPS) is 36.3. The molecule has 3 rings (SSSR count). The molecular formula is C13H20O4. The lowest BCUT2D eigenvalue weighted by Crippen LogP contribution is -2.38. The largest absolute Gasteiger partial charge is 0.481 e. The van der Waals surface area contributed by atoms with Crippen LogP contribution in [0.1, 0.15) is 51.4 Å². The van der Waals surface area contributed by atoms with Gasteiger partial charge in [-0.2, -0.15) is 0 Å². The summed E-state index contributed by atoms with van der Waals surface area (Å²) in [4.78, 5) is 22.8. The quantitative estimate of drug-likeness (QED) is 0.769. The summed E-state index contributed by atoms with van der Waals surface area (Å²) in [5.74, 6) is -0.805. The van der Waals surface area contributed by atoms with E-state index in [9.17, 15) is 9.59 Å². The maximum Gasteiger partial charge on any atom is 0.311 e. The Bertz CT molecular complexity index is 326. The first kappa shape index (κ1) is 12.4. The molecule has 3 aliphatic carbocycles. The molecule has 3 saturated carbocycles. The molecule has 0 aromatic heterocycles. The van der Waals surface area contributed by atoms with Gasteiger partial charge in [-0.1, -0.05) is 6.42 Å². The van der Waals surface area contributed by atoms with Crippen molar-refractivity contribution in [2.45, 2.75) is 51.4 Å². The summed E-state index contributed by atoms with van der Waals surface area (Å²) in [6.45, 7) is 0. The van der Waals surface area contributed by atoms with Gasteiger partial charge in [-0.05, 0) is 43.9 Å². The van der Waals surface area contributed by atoms with E-state index in [1.165, 1.54) is 7.11 Å². The van der Waals surface area contributed by atoms with Crippen LogP contribution in [0.5, 0.6) is 0 Å². The lowest BCUT2D eigenvalue weighted by molar-refractivity contribution is -0.156. The van der Waals surface area contributed by atoms with Gasteiger partial charge in [0.1, 0.15) is 0 Å². The SMILES string of the molecule is COC(=O)C12CCCC(CC(=O)O)(CC1)CC2. The van der Waals surface area contributed by atoms with Gasteiger partial charge >= 0.3 is 11.9 Å². The van der Waals surface area contributed by atoms with Gasteiger partial charge in [-0.15, -0.1) is 0 Å². The second-order valence-corrected chi connectivity index (χ2v) is 5.70. The fourth-order valence-electron chi connectivity index (χ4n) is 3.67. The zero-order valence-corrected chi connectivity index (χ0v) is 10.3. The molecule has 4 heteroatoms. The molecule has 0 radical (unpaired) electrons. The molecule has 4 nitrogen and oxygen atoms in total. The van der Waals surface area contributed by atoms with E-state index in [-0.39, 0.29) is 23.2 Å². The van der Waals surface area contributed by atoms with Gasteiger partial charge in [0.05, 0.1) is 18.9 Å². The molecule has 0 heterocycles. The molecule has 0 spiro atoms. The van der Waals surface area contributed by atoms with E-state index < -0.39 is 5.97 Å². The second kappa shape index (κ2) is 4.31. The van der Waals surface area contributed by atoms with Crippen molar-refractivity contribution in [2.75, 3.05) is 7.11 Å². The van der Waals surface area contributed by atoms with Crippen molar-refractivity contribution < 1.29 is 19.4 Å². The predicted octanol–water partition coefficient (Wildman–Crippen LogP) is 2.36. The molecule has 3 aliphatic rings. The molecule has 0 aliphatic heterocycles. The number of aliphatic carboxylic acids is 1. The molecule has 96 valence electrons. The fraction of sp³-hybridized carbons (Fsp3) is 0.846. The fourth-order valence-corrected chi connectivity index (χ4v) is 3.67. The third-order valence-electron chi connectivity index (χ3n) is 4.77. The number of carboxylic acids is 1. The number of hydrogen-bond donors (Lipinski definition) is 1. The predicted molar refractivity (Wildman–Crippen MR) is 61.5 cm³/mol. The van der Waals surface area contributed by atoms with Gasteiger partial charge in [0.15, 0.2) is 0 Å². The van der Waals surface area contributed by atoms with E-state index in [0.29, 0.717) is 0 Å². The van der Waals surface area contributed by atoms with Gasteiger partial charge in [0.25, 0.3) is 0 Å². The summed E-state index contributed by atoms with van der Waals surface area (Å²) in [5.41, 5.74) is -0.368. The van der Waals surface area contributed by atoms with Crippen LogP contribution in [0.2, 0.25) is 0 Å². The Morgan fingerprint density at radius 3 is 2.29 bits per heavy atom. The summed E-state index contributed by atoms with van der Waals surface area (Å²) in [7, 11) is 1.45. The molecule has 1 N–H and O–H groups in total. The summed E-state index contributed by atoms with van der Waals surface area (Å²) in [5, 5.41) is 9.00. The maximum absolute atomic E-state index is 11.9. The molecule has 17 heavy (non-hydrogen) atoms. The molecule has 0 aromatic rings. The molecule has 0 amide bonds. The molecule has 0 saturated heterocycles. The number of ether oxygens (including phenoxy) is 1. The minimum Gasteiger partial charge on any atom is -0.481 e. The van der Waals surface area contributed by atoms with Crippen molar-refractivity contribution in [3.8, 4) is 0 Å². The van der Waals surface area contributed by atoms with Crippen molar-refractivity contribution in [1.82, 2.24) is 0 Å². The lowest BCUT2D eigenvalue weighted by Gasteiger charge is -2.40. The molecule has 0 aromatic carbocycles. The number of carbonyl (C=O) groups is 2. The van der Waals surface area contributed by atoms with E-state index in [1.54, 1.807) is 0 Å². The first-order valence-electron chi connectivity index (χ1n) is 6.32. The number of carboxylic acid groups (broad SMARTS) is 1. The van der Waals surface area contributed by atoms with Gasteiger partial charge in [0.2, 0.25) is 0 Å². The summed E-state index contributed by atoms with van der Waals surface area (Å²) in [6, 6.07) is 0. The maximum atomic E-state index is 11.9. The lowest BCUT2D eigenvalue weighted by atomic mass is 9.64. The van der Waals surface area contributed by atoms with E-state index in [4.69, 9.17) is 9.84 Å². The average Bonchev–Trinajstić information content (AvgIpc) is 2.58. The Balaban J connectivity index is 2.14. The Morgan fingerprint density at radius 1 is 1.12 bits per heavy atom. The van der Waals surface area contributed by atoms with Crippen molar-refractivity contribution in [3.63, 3.8) is 0 Å². The number of carbonyl (C=O) groups excluding carboxylic acids is 1. The number of rotatable bonds is 3. The van der Waals surface area contributed by atoms with Gasteiger partial charge in [-0.25, -0.2) is 0 Å². The smallest absolute Gasteiger partial charge is 0.311 e. The van der Waals surface area contributed by atoms with Crippen LogP contribution in [0.15, 0.2) is 0 Å². The number of methoxy groups -OCH3 is 1. The Labute approximate surface area is 101 Å². The van der Waals surface area contributed by atoms with Crippen molar-refractivity contribution >= 4 is 11.9 Å². The van der Waals surface area contributed by atoms with Crippen LogP contribution in [0.4, 0.5) is 0 Å². The van der Waals surface area contributed by atoms with Gasteiger partial charge in [0, 0.05) is 0 Å². The minimum atomic E-state index is -0.711. The monoisotopic (exact) mass is 240 g/mol. The van der Waals surface area contributed by atoms with Crippen molar-refractivity contribution in [2.24, 2.45) is 10.8 Å². The van der Waals surface area contributed by atoms with E-state index in [2.05, 4.69) is 0 Å². The highest BCUT2D eigenvalue weighted by atomic mass is 16.5. The van der Waals surface area contributed by atoms with Crippen LogP contribution < -0.4 is 0 Å². The standard InChI is InChI=1S/C13H20O4/c1-17-11(16)13-4-2-3-12(5-7-13,6-8-13)9-10(14)15/h2-9H2,1H3,(H,14,15). The zero-order chi connectivity index (χ0) is 12.5. The Kier molecular flexibility index (Phi) is 3.15. The average molecular weight is 240 g/mol. The van der Waals surface area contributed by atoms with Gasteiger partial charge < -0.3 is 9.84 Å². The Morgan fingerprint density at radius 2 is 1.76 bits per heavy atom. The van der Waals surface area contributed by atoms with E-state index in [1.807, 2.05) is 0 Å². The highest BCUT2D eigenvalue weighted by Crippen LogP contribution is 2.56. The summed E-state index contributed by atoms with van der Waals surface area (Å²) in [6.07, 6.45) is 6.31. The first-order valence-corrected chi connectivity index (χ1v) is 6.32. The summed E-state index contributed by atoms with van der Waals surface area (Å²) < 4.78 is 4.92. The second-order valence-electron chi connectivity index (χ2n) is 5.70. The van der Waals surface area contributed by atoms with Crippen LogP contribution in [0.25, 0.3) is 0 Å². The first-order chi connectivity index (χ1) is 8.02. The number of fused-ring (bicyclic) bond motifs is 4. The van der Waals surface area contributed by atoms with Crippen molar-refractivity contribution in [1.29, 1.82) is 0 Å². The van der Waals surface area contributed by atoms with Crippen LogP contribution in [0.3, 0.4) is 0 Å². The highest BCUT2D eigenvalue weighted by molar-refractivity contribution is 5.77. The molecular weight excluding hydrogens is 220 g/mol. The van der Waals surface area contributed by atoms with Crippen LogP contribution in [-0.2, 0) is 14.3 Å². The van der Waals surface area contributed by atoms with Crippen LogP contribution in [0, 0.1) is 10.8 Å². The molecule has 0 atom stereocenters. The number of esters is 1. The zero-order valence-electron chi connectivity index (χ0n) is 10.3.